The number of benzene rings is 1. The molecule has 0 aliphatic carbocycles. The molecule has 0 spiro atoms. The van der Waals surface area contributed by atoms with Gasteiger partial charge in [0.05, 0.1) is 6.54 Å². The monoisotopic (exact) mass is 288 g/mol. The van der Waals surface area contributed by atoms with Gasteiger partial charge >= 0.3 is 0 Å². The lowest BCUT2D eigenvalue weighted by atomic mass is 10.0. The van der Waals surface area contributed by atoms with Gasteiger partial charge in [-0.2, -0.15) is 0 Å². The van der Waals surface area contributed by atoms with E-state index in [1.807, 2.05) is 6.20 Å². The highest BCUT2D eigenvalue weighted by molar-refractivity contribution is 5.85. The van der Waals surface area contributed by atoms with Gasteiger partial charge in [-0.15, -0.1) is 0 Å². The smallest absolute Gasteiger partial charge is 0.139 e. The maximum absolute atomic E-state index is 4.74. The molecule has 0 amide bonds. The van der Waals surface area contributed by atoms with Gasteiger partial charge in [-0.3, -0.25) is 0 Å². The molecule has 4 aromatic rings. The van der Waals surface area contributed by atoms with Gasteiger partial charge in [0.25, 0.3) is 0 Å². The van der Waals surface area contributed by atoms with Crippen molar-refractivity contribution < 1.29 is 0 Å². The first kappa shape index (κ1) is 11.9. The lowest BCUT2D eigenvalue weighted by Gasteiger charge is -2.28. The predicted molar refractivity (Wildman–Crippen MR) is 89.1 cm³/mol. The van der Waals surface area contributed by atoms with Gasteiger partial charge in [0.1, 0.15) is 11.5 Å². The van der Waals surface area contributed by atoms with Crippen LogP contribution in [0.1, 0.15) is 11.3 Å². The number of aromatic nitrogens is 3. The summed E-state index contributed by atoms with van der Waals surface area (Å²) in [5, 5.41) is 2.52. The van der Waals surface area contributed by atoms with Crippen LogP contribution in [0.25, 0.3) is 21.9 Å². The summed E-state index contributed by atoms with van der Waals surface area (Å²) in [6.07, 6.45) is 3.00. The SMILES string of the molecule is c1ccc2c3c([nH]c2c1)CN(c1ccc2cc[nH]c2n1)CC3. The number of pyridine rings is 1. The van der Waals surface area contributed by atoms with E-state index >= 15 is 0 Å². The van der Waals surface area contributed by atoms with Crippen molar-refractivity contribution in [2.24, 2.45) is 0 Å². The summed E-state index contributed by atoms with van der Waals surface area (Å²) in [5.41, 5.74) is 4.98. The zero-order valence-electron chi connectivity index (χ0n) is 12.1. The Morgan fingerprint density at radius 1 is 1.05 bits per heavy atom. The van der Waals surface area contributed by atoms with E-state index in [0.717, 1.165) is 36.4 Å². The fraction of sp³-hybridized carbons (Fsp3) is 0.167. The van der Waals surface area contributed by atoms with Gasteiger partial charge in [0.2, 0.25) is 0 Å². The Bertz CT molecular complexity index is 979. The van der Waals surface area contributed by atoms with Crippen molar-refractivity contribution in [3.05, 3.63) is 59.9 Å². The highest BCUT2D eigenvalue weighted by Crippen LogP contribution is 2.29. The molecule has 1 aliphatic heterocycles. The number of nitrogens with one attached hydrogen (secondary N) is 2. The van der Waals surface area contributed by atoms with Gasteiger partial charge in [-0.25, -0.2) is 4.98 Å². The molecule has 4 heteroatoms. The molecule has 1 aromatic carbocycles. The van der Waals surface area contributed by atoms with Crippen molar-refractivity contribution in [2.45, 2.75) is 13.0 Å². The fourth-order valence-electron chi connectivity index (χ4n) is 3.48. The molecule has 108 valence electrons. The number of H-pyrrole nitrogens is 2. The standard InChI is InChI=1S/C18H16N4/c1-2-4-15-13(3-1)14-8-10-22(11-16(14)20-15)17-6-5-12-7-9-19-18(12)21-17/h1-7,9,20H,8,10-11H2,(H,19,21). The van der Waals surface area contributed by atoms with Gasteiger partial charge < -0.3 is 14.9 Å². The minimum Gasteiger partial charge on any atom is -0.357 e. The largest absolute Gasteiger partial charge is 0.357 e. The molecule has 4 nitrogen and oxygen atoms in total. The minimum absolute atomic E-state index is 0.892. The van der Waals surface area contributed by atoms with Crippen LogP contribution in [0.5, 0.6) is 0 Å². The molecular weight excluding hydrogens is 272 g/mol. The third-order valence-electron chi connectivity index (χ3n) is 4.60. The summed E-state index contributed by atoms with van der Waals surface area (Å²) in [6, 6.07) is 14.9. The van der Waals surface area contributed by atoms with E-state index in [9.17, 15) is 0 Å². The van der Waals surface area contributed by atoms with Crippen LogP contribution in [0.4, 0.5) is 5.82 Å². The van der Waals surface area contributed by atoms with Crippen LogP contribution in [0.2, 0.25) is 0 Å². The van der Waals surface area contributed by atoms with Crippen molar-refractivity contribution >= 4 is 27.8 Å². The molecule has 0 bridgehead atoms. The van der Waals surface area contributed by atoms with E-state index < -0.39 is 0 Å². The Kier molecular flexibility index (Phi) is 2.36. The molecule has 2 N–H and O–H groups in total. The number of para-hydroxylation sites is 1. The molecule has 0 radical (unpaired) electrons. The molecule has 0 unspecified atom stereocenters. The van der Waals surface area contributed by atoms with Crippen LogP contribution < -0.4 is 4.90 Å². The second-order valence-electron chi connectivity index (χ2n) is 5.88. The third-order valence-corrected chi connectivity index (χ3v) is 4.60. The first-order valence-electron chi connectivity index (χ1n) is 7.66. The maximum atomic E-state index is 4.74. The number of nitrogens with zero attached hydrogens (tertiary/aromatic N) is 2. The van der Waals surface area contributed by atoms with E-state index in [1.54, 1.807) is 0 Å². The molecule has 0 saturated heterocycles. The van der Waals surface area contributed by atoms with Crippen LogP contribution in [-0.2, 0) is 13.0 Å². The second kappa shape index (κ2) is 4.37. The van der Waals surface area contributed by atoms with Crippen LogP contribution in [0, 0.1) is 0 Å². The normalized spacial score (nSPS) is 14.6. The van der Waals surface area contributed by atoms with Crippen molar-refractivity contribution in [1.82, 2.24) is 15.0 Å². The van der Waals surface area contributed by atoms with Gasteiger partial charge in [0.15, 0.2) is 0 Å². The number of anilines is 1. The van der Waals surface area contributed by atoms with E-state index in [1.165, 1.54) is 22.2 Å². The summed E-state index contributed by atoms with van der Waals surface area (Å²) in [4.78, 5) is 13.9. The minimum atomic E-state index is 0.892. The zero-order valence-corrected chi connectivity index (χ0v) is 12.1. The Balaban J connectivity index is 1.55. The first-order valence-corrected chi connectivity index (χ1v) is 7.66. The maximum Gasteiger partial charge on any atom is 0.139 e. The zero-order chi connectivity index (χ0) is 14.5. The highest BCUT2D eigenvalue weighted by Gasteiger charge is 2.21. The average Bonchev–Trinajstić information content (AvgIpc) is 3.17. The lowest BCUT2D eigenvalue weighted by Crippen LogP contribution is -2.30. The van der Waals surface area contributed by atoms with Crippen LogP contribution in [0.15, 0.2) is 48.7 Å². The molecule has 22 heavy (non-hydrogen) atoms. The molecular formula is C18H16N4. The van der Waals surface area contributed by atoms with E-state index in [0.29, 0.717) is 0 Å². The summed E-state index contributed by atoms with van der Waals surface area (Å²) in [7, 11) is 0. The first-order chi connectivity index (χ1) is 10.9. The summed E-state index contributed by atoms with van der Waals surface area (Å²) in [6.45, 7) is 1.90. The molecule has 0 atom stereocenters. The highest BCUT2D eigenvalue weighted by atomic mass is 15.2. The number of hydrogen-bond donors (Lipinski definition) is 2. The molecule has 1 aliphatic rings. The van der Waals surface area contributed by atoms with Crippen molar-refractivity contribution in [2.75, 3.05) is 11.4 Å². The lowest BCUT2D eigenvalue weighted by molar-refractivity contribution is 0.715. The van der Waals surface area contributed by atoms with Crippen LogP contribution in [-0.4, -0.2) is 21.5 Å². The number of rotatable bonds is 1. The van der Waals surface area contributed by atoms with Crippen molar-refractivity contribution in [3.8, 4) is 0 Å². The summed E-state index contributed by atoms with van der Waals surface area (Å²) >= 11 is 0. The summed E-state index contributed by atoms with van der Waals surface area (Å²) < 4.78 is 0. The van der Waals surface area contributed by atoms with Gasteiger partial charge in [0, 0.05) is 34.7 Å². The molecule has 0 saturated carbocycles. The Hall–Kier alpha value is -2.75. The number of aromatic amines is 2. The molecule has 3 aromatic heterocycles. The van der Waals surface area contributed by atoms with Crippen LogP contribution >= 0.6 is 0 Å². The van der Waals surface area contributed by atoms with E-state index in [2.05, 4.69) is 57.3 Å². The Morgan fingerprint density at radius 3 is 3.00 bits per heavy atom. The number of hydrogen-bond acceptors (Lipinski definition) is 2. The topological polar surface area (TPSA) is 47.7 Å². The molecule has 0 fully saturated rings. The quantitative estimate of drug-likeness (QED) is 0.562. The number of fused-ring (bicyclic) bond motifs is 4. The molecule has 4 heterocycles. The Morgan fingerprint density at radius 2 is 2.00 bits per heavy atom. The van der Waals surface area contributed by atoms with E-state index in [4.69, 9.17) is 4.98 Å². The van der Waals surface area contributed by atoms with Crippen LogP contribution in [0.3, 0.4) is 0 Å². The third kappa shape index (κ3) is 1.67. The fourth-order valence-corrected chi connectivity index (χ4v) is 3.48. The predicted octanol–water partition coefficient (Wildman–Crippen LogP) is 3.61. The Labute approximate surface area is 127 Å². The van der Waals surface area contributed by atoms with Crippen molar-refractivity contribution in [3.63, 3.8) is 0 Å². The van der Waals surface area contributed by atoms with Gasteiger partial charge in [-0.1, -0.05) is 18.2 Å². The molecule has 5 rings (SSSR count). The van der Waals surface area contributed by atoms with Crippen molar-refractivity contribution in [1.29, 1.82) is 0 Å². The van der Waals surface area contributed by atoms with E-state index in [-0.39, 0.29) is 0 Å². The average molecular weight is 288 g/mol. The second-order valence-corrected chi connectivity index (χ2v) is 5.88. The van der Waals surface area contributed by atoms with Gasteiger partial charge in [-0.05, 0) is 36.2 Å². The summed E-state index contributed by atoms with van der Waals surface area (Å²) in [5.74, 6) is 1.04.